The third-order valence-electron chi connectivity index (χ3n) is 4.30. The second-order valence-electron chi connectivity index (χ2n) is 5.70. The van der Waals surface area contributed by atoms with Crippen molar-refractivity contribution < 1.29 is 13.2 Å². The van der Waals surface area contributed by atoms with Crippen LogP contribution in [0.25, 0.3) is 0 Å². The summed E-state index contributed by atoms with van der Waals surface area (Å²) in [4.78, 5) is 2.06. The average molecular weight is 299 g/mol. The number of benzene rings is 1. The van der Waals surface area contributed by atoms with E-state index in [0.717, 1.165) is 31.5 Å². The highest BCUT2D eigenvalue weighted by molar-refractivity contribution is 6.00. The first kappa shape index (κ1) is 15.7. The zero-order valence-corrected chi connectivity index (χ0v) is 12.2. The van der Waals surface area contributed by atoms with Crippen molar-refractivity contribution >= 4 is 11.5 Å². The lowest BCUT2D eigenvalue weighted by molar-refractivity contribution is -0.137. The van der Waals surface area contributed by atoms with E-state index in [1.807, 2.05) is 0 Å². The molecule has 3 nitrogen and oxygen atoms in total. The van der Waals surface area contributed by atoms with E-state index in [0.29, 0.717) is 11.6 Å². The molecule has 1 aromatic carbocycles. The fourth-order valence-electron chi connectivity index (χ4n) is 2.85. The molecule has 0 bridgehead atoms. The van der Waals surface area contributed by atoms with Crippen molar-refractivity contribution in [3.63, 3.8) is 0 Å². The number of nitrogen functional groups attached to an aromatic ring is 1. The van der Waals surface area contributed by atoms with Gasteiger partial charge in [0, 0.05) is 23.8 Å². The predicted octanol–water partition coefficient (Wildman–Crippen LogP) is 3.61. The third-order valence-corrected chi connectivity index (χ3v) is 4.30. The molecule has 0 aromatic heterocycles. The molecule has 1 aliphatic rings. The van der Waals surface area contributed by atoms with Crippen LogP contribution in [0.1, 0.15) is 37.8 Å². The summed E-state index contributed by atoms with van der Waals surface area (Å²) in [6.07, 6.45) is -2.33. The minimum atomic E-state index is -4.43. The molecule has 0 aliphatic carbocycles. The highest BCUT2D eigenvalue weighted by Crippen LogP contribution is 2.35. The number of nitrogens with two attached hydrogens (primary N) is 1. The van der Waals surface area contributed by atoms with Crippen LogP contribution in [0, 0.1) is 11.3 Å². The molecule has 6 heteroatoms. The number of alkyl halides is 3. The van der Waals surface area contributed by atoms with Gasteiger partial charge in [0.1, 0.15) is 5.84 Å². The molecule has 21 heavy (non-hydrogen) atoms. The van der Waals surface area contributed by atoms with Gasteiger partial charge in [-0.2, -0.15) is 13.2 Å². The quantitative estimate of drug-likeness (QED) is 0.647. The van der Waals surface area contributed by atoms with Crippen LogP contribution in [0.4, 0.5) is 18.9 Å². The summed E-state index contributed by atoms with van der Waals surface area (Å²) in [5, 5.41) is 7.60. The lowest BCUT2D eigenvalue weighted by Gasteiger charge is -2.40. The maximum absolute atomic E-state index is 12.8. The second kappa shape index (κ2) is 5.58. The van der Waals surface area contributed by atoms with Gasteiger partial charge in [-0.15, -0.1) is 0 Å². The van der Waals surface area contributed by atoms with Crippen molar-refractivity contribution in [2.45, 2.75) is 38.9 Å². The number of amidine groups is 1. The summed E-state index contributed by atoms with van der Waals surface area (Å²) in [6.45, 7) is 4.97. The highest BCUT2D eigenvalue weighted by atomic mass is 19.4. The van der Waals surface area contributed by atoms with Crippen molar-refractivity contribution in [1.29, 1.82) is 5.41 Å². The average Bonchev–Trinajstić information content (AvgIpc) is 2.40. The summed E-state index contributed by atoms with van der Waals surface area (Å²) >= 11 is 0. The van der Waals surface area contributed by atoms with Gasteiger partial charge in [0.25, 0.3) is 0 Å². The monoisotopic (exact) mass is 299 g/mol. The third kappa shape index (κ3) is 3.14. The summed E-state index contributed by atoms with van der Waals surface area (Å²) in [5.74, 6) is 0.127. The Morgan fingerprint density at radius 1 is 1.33 bits per heavy atom. The van der Waals surface area contributed by atoms with Crippen LogP contribution in [-0.2, 0) is 6.18 Å². The van der Waals surface area contributed by atoms with Crippen molar-refractivity contribution in [2.75, 3.05) is 11.4 Å². The molecule has 0 spiro atoms. The first-order valence-corrected chi connectivity index (χ1v) is 7.04. The molecule has 1 aliphatic heterocycles. The molecule has 0 radical (unpaired) electrons. The SMILES string of the molecule is CC1CCCN(c2ccc(C(F)(F)F)cc2C(=N)N)C1C. The van der Waals surface area contributed by atoms with Crippen LogP contribution in [0.3, 0.4) is 0 Å². The largest absolute Gasteiger partial charge is 0.416 e. The minimum Gasteiger partial charge on any atom is -0.384 e. The zero-order chi connectivity index (χ0) is 15.8. The fourth-order valence-corrected chi connectivity index (χ4v) is 2.85. The topological polar surface area (TPSA) is 53.1 Å². The van der Waals surface area contributed by atoms with E-state index >= 15 is 0 Å². The molecule has 2 unspecified atom stereocenters. The lowest BCUT2D eigenvalue weighted by Crippen LogP contribution is -2.43. The second-order valence-corrected chi connectivity index (χ2v) is 5.70. The molecule has 1 heterocycles. The Hall–Kier alpha value is -1.72. The molecule has 0 saturated carbocycles. The smallest absolute Gasteiger partial charge is 0.384 e. The maximum atomic E-state index is 12.8. The number of hydrogen-bond donors (Lipinski definition) is 2. The van der Waals surface area contributed by atoms with Crippen molar-refractivity contribution in [2.24, 2.45) is 11.7 Å². The molecule has 1 saturated heterocycles. The molecule has 2 atom stereocenters. The first-order valence-electron chi connectivity index (χ1n) is 7.04. The number of piperidine rings is 1. The van der Waals surface area contributed by atoms with E-state index in [9.17, 15) is 13.2 Å². The molecular formula is C15H20F3N3. The zero-order valence-electron chi connectivity index (χ0n) is 12.2. The molecule has 1 fully saturated rings. The van der Waals surface area contributed by atoms with Crippen LogP contribution in [0.5, 0.6) is 0 Å². The number of halogens is 3. The number of nitrogens with zero attached hydrogens (tertiary/aromatic N) is 1. The molecule has 0 amide bonds. The Labute approximate surface area is 122 Å². The van der Waals surface area contributed by atoms with Gasteiger partial charge in [0.2, 0.25) is 0 Å². The van der Waals surface area contributed by atoms with Crippen molar-refractivity contribution in [3.8, 4) is 0 Å². The summed E-state index contributed by atoms with van der Waals surface area (Å²) in [5.41, 5.74) is 5.51. The Kier molecular flexibility index (Phi) is 4.16. The van der Waals surface area contributed by atoms with E-state index in [1.165, 1.54) is 6.07 Å². The minimum absolute atomic E-state index is 0.158. The van der Waals surface area contributed by atoms with E-state index in [1.54, 1.807) is 0 Å². The van der Waals surface area contributed by atoms with Gasteiger partial charge in [-0.05, 0) is 43.9 Å². The summed E-state index contributed by atoms with van der Waals surface area (Å²) in [6, 6.07) is 3.69. The molecule has 116 valence electrons. The molecule has 1 aromatic rings. The molecular weight excluding hydrogens is 279 g/mol. The van der Waals surface area contributed by atoms with Gasteiger partial charge < -0.3 is 10.6 Å². The van der Waals surface area contributed by atoms with E-state index in [4.69, 9.17) is 11.1 Å². The van der Waals surface area contributed by atoms with Crippen LogP contribution >= 0.6 is 0 Å². The fraction of sp³-hybridized carbons (Fsp3) is 0.533. The standard InChI is InChI=1S/C15H20F3N3/c1-9-4-3-7-21(10(9)2)13-6-5-11(15(16,17)18)8-12(13)14(19)20/h5-6,8-10H,3-4,7H2,1-2H3,(H3,19,20). The van der Waals surface area contributed by atoms with Crippen LogP contribution < -0.4 is 10.6 Å². The Morgan fingerprint density at radius 3 is 2.57 bits per heavy atom. The van der Waals surface area contributed by atoms with Gasteiger partial charge >= 0.3 is 6.18 Å². The van der Waals surface area contributed by atoms with Crippen LogP contribution in [-0.4, -0.2) is 18.4 Å². The number of nitrogens with one attached hydrogen (secondary N) is 1. The van der Waals surface area contributed by atoms with Crippen molar-refractivity contribution in [3.05, 3.63) is 29.3 Å². The van der Waals surface area contributed by atoms with Gasteiger partial charge in [-0.25, -0.2) is 0 Å². The number of rotatable bonds is 2. The van der Waals surface area contributed by atoms with Gasteiger partial charge in [0.15, 0.2) is 0 Å². The van der Waals surface area contributed by atoms with E-state index in [-0.39, 0.29) is 17.4 Å². The lowest BCUT2D eigenvalue weighted by atomic mass is 9.90. The Morgan fingerprint density at radius 2 is 2.00 bits per heavy atom. The van der Waals surface area contributed by atoms with Crippen molar-refractivity contribution in [1.82, 2.24) is 0 Å². The van der Waals surface area contributed by atoms with E-state index in [2.05, 4.69) is 18.7 Å². The van der Waals surface area contributed by atoms with Gasteiger partial charge in [-0.1, -0.05) is 6.92 Å². The Balaban J connectivity index is 2.46. The highest BCUT2D eigenvalue weighted by Gasteiger charge is 2.33. The summed E-state index contributed by atoms with van der Waals surface area (Å²) < 4.78 is 38.5. The molecule has 2 rings (SSSR count). The Bertz CT molecular complexity index is 539. The number of anilines is 1. The van der Waals surface area contributed by atoms with Crippen LogP contribution in [0.15, 0.2) is 18.2 Å². The van der Waals surface area contributed by atoms with E-state index < -0.39 is 11.7 Å². The first-order chi connectivity index (χ1) is 9.71. The van der Waals surface area contributed by atoms with Gasteiger partial charge in [0.05, 0.1) is 5.56 Å². The van der Waals surface area contributed by atoms with Crippen LogP contribution in [0.2, 0.25) is 0 Å². The number of hydrogen-bond acceptors (Lipinski definition) is 2. The van der Waals surface area contributed by atoms with Gasteiger partial charge in [-0.3, -0.25) is 5.41 Å². The maximum Gasteiger partial charge on any atom is 0.416 e. The normalized spacial score (nSPS) is 23.2. The predicted molar refractivity (Wildman–Crippen MR) is 77.7 cm³/mol. The molecule has 3 N–H and O–H groups in total. The summed E-state index contributed by atoms with van der Waals surface area (Å²) in [7, 11) is 0.